The lowest BCUT2D eigenvalue weighted by Crippen LogP contribution is -2.24. The molecule has 0 spiro atoms. The quantitative estimate of drug-likeness (QED) is 0.376. The molecular weight excluding hydrogens is 394 g/mol. The lowest BCUT2D eigenvalue weighted by Gasteiger charge is -2.06. The second-order valence-corrected chi connectivity index (χ2v) is 8.06. The van der Waals surface area contributed by atoms with Crippen LogP contribution in [0.15, 0.2) is 57.9 Å². The average Bonchev–Trinajstić information content (AvgIpc) is 3.32. The summed E-state index contributed by atoms with van der Waals surface area (Å²) in [4.78, 5) is 32.8. The number of thioether (sulfide) groups is 1. The van der Waals surface area contributed by atoms with Gasteiger partial charge in [0.05, 0.1) is 24.2 Å². The van der Waals surface area contributed by atoms with E-state index in [1.54, 1.807) is 16.0 Å². The van der Waals surface area contributed by atoms with Crippen molar-refractivity contribution in [3.8, 4) is 5.69 Å². The maximum Gasteiger partial charge on any atom is 0.262 e. The number of amides is 1. The number of aryl methyl sites for hydroxylation is 1. The smallest absolute Gasteiger partial charge is 0.262 e. The van der Waals surface area contributed by atoms with E-state index >= 15 is 0 Å². The third kappa shape index (κ3) is 3.85. The summed E-state index contributed by atoms with van der Waals surface area (Å²) >= 11 is 2.81. The highest BCUT2D eigenvalue weighted by atomic mass is 32.2. The number of para-hydroxylation sites is 1. The lowest BCUT2D eigenvalue weighted by atomic mass is 10.3. The number of hydrogen-bond donors (Lipinski definition) is 2. The van der Waals surface area contributed by atoms with Crippen LogP contribution in [0.25, 0.3) is 16.7 Å². The summed E-state index contributed by atoms with van der Waals surface area (Å²) in [5.41, 5.74) is 2.18. The normalized spacial score (nSPS) is 11.0. The van der Waals surface area contributed by atoms with Gasteiger partial charge in [-0.1, -0.05) is 30.0 Å². The topological polar surface area (TPSA) is 92.7 Å². The number of H-pyrrole nitrogens is 1. The molecule has 2 N–H and O–H groups in total. The van der Waals surface area contributed by atoms with Gasteiger partial charge in [-0.15, -0.1) is 11.3 Å². The summed E-state index contributed by atoms with van der Waals surface area (Å²) in [6.45, 7) is 2.53. The van der Waals surface area contributed by atoms with Gasteiger partial charge >= 0.3 is 0 Å². The first kappa shape index (κ1) is 18.5. The molecule has 0 saturated heterocycles. The zero-order chi connectivity index (χ0) is 19.5. The third-order valence-electron chi connectivity index (χ3n) is 4.17. The zero-order valence-electron chi connectivity index (χ0n) is 15.0. The summed E-state index contributed by atoms with van der Waals surface area (Å²) in [5.74, 6) is 0.0512. The van der Waals surface area contributed by atoms with E-state index in [0.29, 0.717) is 22.7 Å². The molecular formula is C19H17N5O2S2. The van der Waals surface area contributed by atoms with Crippen LogP contribution in [0.1, 0.15) is 10.4 Å². The second kappa shape index (κ2) is 7.99. The van der Waals surface area contributed by atoms with Crippen LogP contribution in [0.4, 0.5) is 0 Å². The highest BCUT2D eigenvalue weighted by Gasteiger charge is 2.13. The minimum absolute atomic E-state index is 0.114. The molecule has 4 aromatic rings. The Bertz CT molecular complexity index is 1180. The lowest BCUT2D eigenvalue weighted by molar-refractivity contribution is -0.118. The molecule has 9 heteroatoms. The van der Waals surface area contributed by atoms with Crippen LogP contribution in [-0.2, 0) is 11.3 Å². The number of benzene rings is 1. The van der Waals surface area contributed by atoms with Gasteiger partial charge in [0.15, 0.2) is 10.8 Å². The minimum atomic E-state index is -0.274. The average molecular weight is 412 g/mol. The Hall–Kier alpha value is -2.91. The zero-order valence-corrected chi connectivity index (χ0v) is 16.6. The van der Waals surface area contributed by atoms with Crippen molar-refractivity contribution in [2.75, 3.05) is 5.75 Å². The first-order valence-corrected chi connectivity index (χ1v) is 10.4. The van der Waals surface area contributed by atoms with Gasteiger partial charge in [0, 0.05) is 4.88 Å². The van der Waals surface area contributed by atoms with Crippen molar-refractivity contribution in [1.29, 1.82) is 0 Å². The number of fused-ring (bicyclic) bond motifs is 1. The van der Waals surface area contributed by atoms with Crippen molar-refractivity contribution >= 4 is 40.0 Å². The number of nitrogens with zero attached hydrogens (tertiary/aromatic N) is 3. The molecule has 4 rings (SSSR count). The number of aromatic amines is 1. The summed E-state index contributed by atoms with van der Waals surface area (Å²) in [6, 6.07) is 11.5. The molecule has 1 aromatic carbocycles. The van der Waals surface area contributed by atoms with Gasteiger partial charge in [-0.3, -0.25) is 9.59 Å². The Balaban J connectivity index is 1.49. The Morgan fingerprint density at radius 1 is 1.29 bits per heavy atom. The Morgan fingerprint density at radius 3 is 2.86 bits per heavy atom. The largest absolute Gasteiger partial charge is 0.350 e. The van der Waals surface area contributed by atoms with Crippen molar-refractivity contribution in [3.63, 3.8) is 0 Å². The molecule has 0 saturated carbocycles. The summed E-state index contributed by atoms with van der Waals surface area (Å²) in [6.07, 6.45) is 1.50. The molecule has 0 bridgehead atoms. The molecule has 0 aliphatic heterocycles. The molecule has 0 unspecified atom stereocenters. The Morgan fingerprint density at radius 2 is 2.11 bits per heavy atom. The van der Waals surface area contributed by atoms with Crippen LogP contribution < -0.4 is 10.9 Å². The van der Waals surface area contributed by atoms with Gasteiger partial charge in [-0.2, -0.15) is 5.10 Å². The molecule has 0 atom stereocenters. The maximum atomic E-state index is 12.3. The molecule has 0 radical (unpaired) electrons. The molecule has 142 valence electrons. The van der Waals surface area contributed by atoms with Gasteiger partial charge in [0.25, 0.3) is 5.56 Å². The van der Waals surface area contributed by atoms with E-state index in [9.17, 15) is 9.59 Å². The number of nitrogens with one attached hydrogen (secondary N) is 2. The Kier molecular flexibility index (Phi) is 5.27. The van der Waals surface area contributed by atoms with E-state index in [-0.39, 0.29) is 17.2 Å². The van der Waals surface area contributed by atoms with Crippen LogP contribution in [0, 0.1) is 6.92 Å². The van der Waals surface area contributed by atoms with Crippen molar-refractivity contribution in [1.82, 2.24) is 25.1 Å². The molecule has 0 aliphatic rings. The van der Waals surface area contributed by atoms with Gasteiger partial charge in [0.2, 0.25) is 5.91 Å². The molecule has 3 aromatic heterocycles. The van der Waals surface area contributed by atoms with Crippen LogP contribution in [0.5, 0.6) is 0 Å². The number of hydrogen-bond acceptors (Lipinski definition) is 6. The first-order valence-electron chi connectivity index (χ1n) is 8.58. The van der Waals surface area contributed by atoms with Gasteiger partial charge in [-0.05, 0) is 36.1 Å². The van der Waals surface area contributed by atoms with Crippen molar-refractivity contribution in [2.24, 2.45) is 0 Å². The van der Waals surface area contributed by atoms with E-state index in [1.807, 2.05) is 48.7 Å². The summed E-state index contributed by atoms with van der Waals surface area (Å²) < 4.78 is 1.62. The fourth-order valence-electron chi connectivity index (χ4n) is 2.67. The summed E-state index contributed by atoms with van der Waals surface area (Å²) in [7, 11) is 0. The van der Waals surface area contributed by atoms with Crippen LogP contribution in [0.2, 0.25) is 0 Å². The van der Waals surface area contributed by atoms with E-state index in [1.165, 1.54) is 23.5 Å². The number of carbonyl (C=O) groups is 1. The molecule has 28 heavy (non-hydrogen) atoms. The van der Waals surface area contributed by atoms with Gasteiger partial charge in [-0.25, -0.2) is 9.67 Å². The minimum Gasteiger partial charge on any atom is -0.350 e. The van der Waals surface area contributed by atoms with Crippen LogP contribution in [-0.4, -0.2) is 31.4 Å². The van der Waals surface area contributed by atoms with Gasteiger partial charge in [0.1, 0.15) is 5.39 Å². The van der Waals surface area contributed by atoms with Crippen LogP contribution in [0.3, 0.4) is 0 Å². The van der Waals surface area contributed by atoms with E-state index in [0.717, 1.165) is 10.6 Å². The van der Waals surface area contributed by atoms with Gasteiger partial charge < -0.3 is 10.3 Å². The van der Waals surface area contributed by atoms with Crippen molar-refractivity contribution in [3.05, 3.63) is 68.8 Å². The number of thiophene rings is 1. The number of aromatic nitrogens is 4. The van der Waals surface area contributed by atoms with Crippen LogP contribution >= 0.6 is 23.1 Å². The fourth-order valence-corrected chi connectivity index (χ4v) is 4.21. The number of rotatable bonds is 6. The number of carbonyl (C=O) groups excluding carboxylic acids is 1. The predicted octanol–water partition coefficient (Wildman–Crippen LogP) is 2.89. The Labute approximate surface area is 168 Å². The highest BCUT2D eigenvalue weighted by molar-refractivity contribution is 7.99. The molecule has 3 heterocycles. The first-order chi connectivity index (χ1) is 13.6. The summed E-state index contributed by atoms with van der Waals surface area (Å²) in [5, 5.41) is 9.97. The monoisotopic (exact) mass is 411 g/mol. The standard InChI is InChI=1S/C19H17N5O2S2/c1-12-7-8-27-15(12)10-20-16(25)11-28-19-22-17-14(18(26)23-19)9-21-24(17)13-5-3-2-4-6-13/h2-9H,10-11H2,1H3,(H,20,25)(H,22,23,26). The molecule has 7 nitrogen and oxygen atoms in total. The maximum absolute atomic E-state index is 12.3. The fraction of sp³-hybridized carbons (Fsp3) is 0.158. The SMILES string of the molecule is Cc1ccsc1CNC(=O)CSc1nc2c(cnn2-c2ccccc2)c(=O)[nH]1. The third-order valence-corrected chi connectivity index (χ3v) is 6.07. The highest BCUT2D eigenvalue weighted by Crippen LogP contribution is 2.18. The molecule has 1 amide bonds. The molecule has 0 aliphatic carbocycles. The van der Waals surface area contributed by atoms with Crippen molar-refractivity contribution < 1.29 is 4.79 Å². The van der Waals surface area contributed by atoms with Crippen molar-refractivity contribution in [2.45, 2.75) is 18.6 Å². The van der Waals surface area contributed by atoms with E-state index in [4.69, 9.17) is 0 Å². The van der Waals surface area contributed by atoms with E-state index < -0.39 is 0 Å². The molecule has 0 fully saturated rings. The second-order valence-electron chi connectivity index (χ2n) is 6.09. The predicted molar refractivity (Wildman–Crippen MR) is 111 cm³/mol. The van der Waals surface area contributed by atoms with E-state index in [2.05, 4.69) is 20.4 Å².